The molecular weight excluding hydrogens is 112 g/mol. The van der Waals surface area contributed by atoms with Gasteiger partial charge in [0.2, 0.25) is 0 Å². The molecule has 0 aliphatic rings. The molecule has 0 amide bonds. The Balaban J connectivity index is 3.45. The van der Waals surface area contributed by atoms with E-state index in [9.17, 15) is 4.79 Å². The molecule has 0 spiro atoms. The van der Waals surface area contributed by atoms with Crippen LogP contribution in [0.2, 0.25) is 0 Å². The van der Waals surface area contributed by atoms with Crippen LogP contribution in [0.1, 0.15) is 33.1 Å². The van der Waals surface area contributed by atoms with Gasteiger partial charge in [-0.05, 0) is 6.42 Å². The van der Waals surface area contributed by atoms with Gasteiger partial charge in [0.25, 0.3) is 0 Å². The highest BCUT2D eigenvalue weighted by Crippen LogP contribution is 2.07. The second kappa shape index (κ2) is 4.54. The van der Waals surface area contributed by atoms with Crippen LogP contribution in [0.25, 0.3) is 0 Å². The number of carbonyl (C=O) groups excluding carboxylic acids is 1. The maximum atomic E-state index is 10.9. The smallest absolute Gasteiger partial charge is 0.135 e. The molecule has 0 aliphatic heterocycles. The van der Waals surface area contributed by atoms with Gasteiger partial charge in [-0.25, -0.2) is 0 Å². The monoisotopic (exact) mass is 127 g/mol. The van der Waals surface area contributed by atoms with E-state index in [0.717, 1.165) is 12.8 Å². The van der Waals surface area contributed by atoms with Crippen molar-refractivity contribution in [2.75, 3.05) is 0 Å². The predicted octanol–water partition coefficient (Wildman–Crippen LogP) is 2.22. The van der Waals surface area contributed by atoms with Gasteiger partial charge in [0.05, 0.1) is 0 Å². The SMILES string of the molecule is [CH2]CCC(C)C(=O)CC. The Morgan fingerprint density at radius 2 is 2.22 bits per heavy atom. The summed E-state index contributed by atoms with van der Waals surface area (Å²) in [6.45, 7) is 7.56. The zero-order chi connectivity index (χ0) is 7.28. The van der Waals surface area contributed by atoms with Gasteiger partial charge in [-0.3, -0.25) is 4.79 Å². The molecule has 0 N–H and O–H groups in total. The predicted molar refractivity (Wildman–Crippen MR) is 39.1 cm³/mol. The molecule has 0 fully saturated rings. The average molecular weight is 127 g/mol. The summed E-state index contributed by atoms with van der Waals surface area (Å²) in [6, 6.07) is 0. The van der Waals surface area contributed by atoms with Gasteiger partial charge in [0.15, 0.2) is 0 Å². The summed E-state index contributed by atoms with van der Waals surface area (Å²) >= 11 is 0. The van der Waals surface area contributed by atoms with Crippen molar-refractivity contribution in [1.29, 1.82) is 0 Å². The highest BCUT2D eigenvalue weighted by molar-refractivity contribution is 5.80. The minimum absolute atomic E-state index is 0.229. The molecule has 0 saturated heterocycles. The summed E-state index contributed by atoms with van der Waals surface area (Å²) in [5, 5.41) is 0. The summed E-state index contributed by atoms with van der Waals surface area (Å²) in [6.07, 6.45) is 2.47. The molecule has 0 heterocycles. The highest BCUT2D eigenvalue weighted by atomic mass is 16.1. The van der Waals surface area contributed by atoms with Crippen molar-refractivity contribution in [3.8, 4) is 0 Å². The van der Waals surface area contributed by atoms with E-state index in [4.69, 9.17) is 0 Å². The fourth-order valence-corrected chi connectivity index (χ4v) is 0.816. The first-order valence-electron chi connectivity index (χ1n) is 3.54. The molecule has 1 radical (unpaired) electrons. The third-order valence-corrected chi connectivity index (χ3v) is 1.54. The summed E-state index contributed by atoms with van der Waals surface area (Å²) in [7, 11) is 0. The third kappa shape index (κ3) is 3.28. The molecule has 9 heavy (non-hydrogen) atoms. The standard InChI is InChI=1S/C8H15O/c1-4-6-7(3)8(9)5-2/h7H,1,4-6H2,2-3H3. The van der Waals surface area contributed by atoms with Crippen LogP contribution >= 0.6 is 0 Å². The summed E-state index contributed by atoms with van der Waals surface area (Å²) in [5.41, 5.74) is 0. The lowest BCUT2D eigenvalue weighted by molar-refractivity contribution is -0.122. The molecule has 0 bridgehead atoms. The van der Waals surface area contributed by atoms with Crippen LogP contribution < -0.4 is 0 Å². The molecule has 0 aromatic rings. The van der Waals surface area contributed by atoms with E-state index in [2.05, 4.69) is 6.92 Å². The van der Waals surface area contributed by atoms with Crippen molar-refractivity contribution < 1.29 is 4.79 Å². The number of carbonyl (C=O) groups is 1. The van der Waals surface area contributed by atoms with E-state index in [0.29, 0.717) is 12.2 Å². The molecule has 0 aromatic heterocycles. The number of rotatable bonds is 4. The van der Waals surface area contributed by atoms with Crippen molar-refractivity contribution in [2.45, 2.75) is 33.1 Å². The van der Waals surface area contributed by atoms with E-state index in [1.165, 1.54) is 0 Å². The van der Waals surface area contributed by atoms with Crippen LogP contribution in [0.5, 0.6) is 0 Å². The van der Waals surface area contributed by atoms with Crippen LogP contribution in [-0.2, 0) is 4.79 Å². The Morgan fingerprint density at radius 3 is 2.56 bits per heavy atom. The van der Waals surface area contributed by atoms with Gasteiger partial charge >= 0.3 is 0 Å². The Hall–Kier alpha value is -0.330. The number of Topliss-reactive ketones (excluding diaryl/α,β-unsaturated/α-hetero) is 1. The Kier molecular flexibility index (Phi) is 4.37. The molecule has 1 unspecified atom stereocenters. The first kappa shape index (κ1) is 8.67. The fraction of sp³-hybridized carbons (Fsp3) is 0.750. The Morgan fingerprint density at radius 1 is 1.67 bits per heavy atom. The van der Waals surface area contributed by atoms with E-state index in [1.807, 2.05) is 13.8 Å². The molecular formula is C8H15O. The normalized spacial score (nSPS) is 13.2. The van der Waals surface area contributed by atoms with Crippen molar-refractivity contribution in [3.63, 3.8) is 0 Å². The van der Waals surface area contributed by atoms with Gasteiger partial charge in [-0.1, -0.05) is 27.2 Å². The molecule has 0 saturated carbocycles. The fourth-order valence-electron chi connectivity index (χ4n) is 0.816. The van der Waals surface area contributed by atoms with E-state index in [-0.39, 0.29) is 5.92 Å². The quantitative estimate of drug-likeness (QED) is 0.566. The second-order valence-corrected chi connectivity index (χ2v) is 2.36. The minimum atomic E-state index is 0.229. The van der Waals surface area contributed by atoms with Gasteiger partial charge < -0.3 is 0 Å². The Bertz CT molecular complexity index is 86.6. The zero-order valence-electron chi connectivity index (χ0n) is 6.31. The van der Waals surface area contributed by atoms with Gasteiger partial charge in [-0.2, -0.15) is 0 Å². The van der Waals surface area contributed by atoms with Crippen molar-refractivity contribution >= 4 is 5.78 Å². The molecule has 1 nitrogen and oxygen atoms in total. The van der Waals surface area contributed by atoms with E-state index in [1.54, 1.807) is 0 Å². The Labute approximate surface area is 57.5 Å². The number of hydrogen-bond acceptors (Lipinski definition) is 1. The maximum Gasteiger partial charge on any atom is 0.135 e. The molecule has 0 rings (SSSR count). The van der Waals surface area contributed by atoms with Gasteiger partial charge in [0.1, 0.15) is 5.78 Å². The minimum Gasteiger partial charge on any atom is -0.299 e. The van der Waals surface area contributed by atoms with Crippen molar-refractivity contribution in [2.24, 2.45) is 5.92 Å². The van der Waals surface area contributed by atoms with Crippen LogP contribution in [-0.4, -0.2) is 5.78 Å². The lowest BCUT2D eigenvalue weighted by Gasteiger charge is -2.04. The average Bonchev–Trinajstić information content (AvgIpc) is 1.87. The zero-order valence-corrected chi connectivity index (χ0v) is 6.31. The topological polar surface area (TPSA) is 17.1 Å². The van der Waals surface area contributed by atoms with Gasteiger partial charge in [-0.15, -0.1) is 0 Å². The molecule has 1 atom stereocenters. The highest BCUT2D eigenvalue weighted by Gasteiger charge is 2.07. The van der Waals surface area contributed by atoms with Gasteiger partial charge in [0, 0.05) is 12.3 Å². The number of hydrogen-bond donors (Lipinski definition) is 0. The first-order chi connectivity index (χ1) is 4.22. The van der Waals surface area contributed by atoms with Crippen molar-refractivity contribution in [1.82, 2.24) is 0 Å². The largest absolute Gasteiger partial charge is 0.299 e. The number of ketones is 1. The van der Waals surface area contributed by atoms with Crippen LogP contribution in [0.3, 0.4) is 0 Å². The second-order valence-electron chi connectivity index (χ2n) is 2.36. The summed E-state index contributed by atoms with van der Waals surface area (Å²) in [4.78, 5) is 10.9. The summed E-state index contributed by atoms with van der Waals surface area (Å²) < 4.78 is 0. The molecule has 0 aliphatic carbocycles. The van der Waals surface area contributed by atoms with Crippen LogP contribution in [0.4, 0.5) is 0 Å². The molecule has 0 aromatic carbocycles. The van der Waals surface area contributed by atoms with E-state index >= 15 is 0 Å². The van der Waals surface area contributed by atoms with Crippen LogP contribution in [0, 0.1) is 12.8 Å². The lowest BCUT2D eigenvalue weighted by Crippen LogP contribution is -2.08. The summed E-state index contributed by atoms with van der Waals surface area (Å²) in [5.74, 6) is 0.589. The molecule has 1 heteroatoms. The maximum absolute atomic E-state index is 10.9. The van der Waals surface area contributed by atoms with E-state index < -0.39 is 0 Å². The lowest BCUT2D eigenvalue weighted by atomic mass is 10.00. The third-order valence-electron chi connectivity index (χ3n) is 1.54. The van der Waals surface area contributed by atoms with Crippen LogP contribution in [0.15, 0.2) is 0 Å². The molecule has 53 valence electrons. The first-order valence-corrected chi connectivity index (χ1v) is 3.54. The van der Waals surface area contributed by atoms with Crippen molar-refractivity contribution in [3.05, 3.63) is 6.92 Å².